The fraction of sp³-hybridized carbons (Fsp3) is 0.360. The predicted molar refractivity (Wildman–Crippen MR) is 117 cm³/mol. The molecule has 1 aromatic rings. The minimum atomic E-state index is -0.190. The van der Waals surface area contributed by atoms with Crippen LogP contribution in [0.25, 0.3) is 0 Å². The molecule has 152 valence electrons. The van der Waals surface area contributed by atoms with Gasteiger partial charge in [0.25, 0.3) is 0 Å². The van der Waals surface area contributed by atoms with Crippen LogP contribution in [-0.4, -0.2) is 28.9 Å². The van der Waals surface area contributed by atoms with Gasteiger partial charge in [-0.2, -0.15) is 0 Å². The highest BCUT2D eigenvalue weighted by atomic mass is 19.1. The molecule has 0 aliphatic carbocycles. The molecular formula is C25H30FN3. The number of aryl methyl sites for hydroxylation is 1. The number of nitrogens with zero attached hydrogens (tertiary/aromatic N) is 2. The molecule has 0 bridgehead atoms. The molecule has 2 fully saturated rings. The Morgan fingerprint density at radius 2 is 2.03 bits per heavy atom. The third kappa shape index (κ3) is 3.52. The smallest absolute Gasteiger partial charge is 0.128 e. The number of rotatable bonds is 4. The molecule has 3 heterocycles. The monoisotopic (exact) mass is 391 g/mol. The number of piperazine rings is 1. The maximum absolute atomic E-state index is 14.2. The van der Waals surface area contributed by atoms with Crippen molar-refractivity contribution in [2.24, 2.45) is 0 Å². The summed E-state index contributed by atoms with van der Waals surface area (Å²) in [6.07, 6.45) is 5.86. The van der Waals surface area contributed by atoms with Crippen LogP contribution in [0.2, 0.25) is 0 Å². The molecule has 1 N–H and O–H groups in total. The van der Waals surface area contributed by atoms with Crippen molar-refractivity contribution in [3.63, 3.8) is 0 Å². The Balaban J connectivity index is 1.53. The third-order valence-corrected chi connectivity index (χ3v) is 6.39. The molecule has 0 saturated carbocycles. The van der Waals surface area contributed by atoms with Crippen molar-refractivity contribution < 1.29 is 4.39 Å². The fourth-order valence-corrected chi connectivity index (χ4v) is 4.65. The quantitative estimate of drug-likeness (QED) is 0.766. The number of hydrogen-bond donors (Lipinski definition) is 1. The topological polar surface area (TPSA) is 18.5 Å². The normalized spacial score (nSPS) is 21.6. The molecule has 3 aliphatic rings. The van der Waals surface area contributed by atoms with Crippen molar-refractivity contribution >= 4 is 0 Å². The zero-order chi connectivity index (χ0) is 20.7. The summed E-state index contributed by atoms with van der Waals surface area (Å²) in [7, 11) is 0. The standard InChI is InChI=1S/C25H30FN3/c1-16-9-10-21(24(26)12-16)13-27-19(4)23-15-28-14-22-8-6-7-11-29(22)20(5)25(28)18(3)17(23)2/h9-10,12,15,22,27H,2,4-8,11,13-14H2,1,3H3. The second-order valence-electron chi connectivity index (χ2n) is 8.36. The number of nitrogens with one attached hydrogen (secondary N) is 1. The Morgan fingerprint density at radius 1 is 1.24 bits per heavy atom. The summed E-state index contributed by atoms with van der Waals surface area (Å²) in [5.41, 5.74) is 7.68. The van der Waals surface area contributed by atoms with Gasteiger partial charge < -0.3 is 15.1 Å². The average Bonchev–Trinajstić information content (AvgIpc) is 2.70. The Labute approximate surface area is 173 Å². The van der Waals surface area contributed by atoms with Crippen LogP contribution >= 0.6 is 0 Å². The van der Waals surface area contributed by atoms with Gasteiger partial charge in [-0.25, -0.2) is 4.39 Å². The SMILES string of the molecule is C=C(NCc1ccc(C)cc1F)C1=CN2CC3CCCCN3C(=C)C2=C(C)C1=C. The van der Waals surface area contributed by atoms with E-state index in [1.807, 2.05) is 19.1 Å². The lowest BCUT2D eigenvalue weighted by atomic mass is 9.88. The Bertz CT molecular complexity index is 953. The lowest BCUT2D eigenvalue weighted by Gasteiger charge is -2.49. The van der Waals surface area contributed by atoms with E-state index in [1.165, 1.54) is 25.0 Å². The summed E-state index contributed by atoms with van der Waals surface area (Å²) in [5.74, 6) is -0.190. The second kappa shape index (κ2) is 7.58. The van der Waals surface area contributed by atoms with E-state index in [0.29, 0.717) is 18.2 Å². The van der Waals surface area contributed by atoms with E-state index in [4.69, 9.17) is 0 Å². The van der Waals surface area contributed by atoms with Gasteiger partial charge in [0, 0.05) is 48.7 Å². The summed E-state index contributed by atoms with van der Waals surface area (Å²) >= 11 is 0. The molecule has 4 heteroatoms. The molecular weight excluding hydrogens is 361 g/mol. The Morgan fingerprint density at radius 3 is 2.79 bits per heavy atom. The number of allylic oxidation sites excluding steroid dienone is 2. The first kappa shape index (κ1) is 19.6. The van der Waals surface area contributed by atoms with Gasteiger partial charge in [-0.1, -0.05) is 31.9 Å². The fourth-order valence-electron chi connectivity index (χ4n) is 4.65. The molecule has 0 radical (unpaired) electrons. The highest BCUT2D eigenvalue weighted by Crippen LogP contribution is 2.40. The minimum Gasteiger partial charge on any atom is -0.381 e. The molecule has 2 saturated heterocycles. The largest absolute Gasteiger partial charge is 0.381 e. The lowest BCUT2D eigenvalue weighted by molar-refractivity contribution is 0.135. The van der Waals surface area contributed by atoms with Crippen molar-refractivity contribution in [2.75, 3.05) is 13.1 Å². The van der Waals surface area contributed by atoms with Crippen LogP contribution < -0.4 is 5.32 Å². The zero-order valence-electron chi connectivity index (χ0n) is 17.5. The zero-order valence-corrected chi connectivity index (χ0v) is 17.5. The first-order valence-electron chi connectivity index (χ1n) is 10.4. The number of halogens is 1. The molecule has 3 aliphatic heterocycles. The van der Waals surface area contributed by atoms with E-state index < -0.39 is 0 Å². The van der Waals surface area contributed by atoms with Crippen LogP contribution in [0.4, 0.5) is 4.39 Å². The van der Waals surface area contributed by atoms with Crippen molar-refractivity contribution in [1.82, 2.24) is 15.1 Å². The molecule has 0 spiro atoms. The van der Waals surface area contributed by atoms with E-state index in [1.54, 1.807) is 6.07 Å². The number of fused-ring (bicyclic) bond motifs is 2. The Hall–Kier alpha value is -2.75. The summed E-state index contributed by atoms with van der Waals surface area (Å²) < 4.78 is 14.2. The van der Waals surface area contributed by atoms with Crippen LogP contribution in [0, 0.1) is 12.7 Å². The van der Waals surface area contributed by atoms with Gasteiger partial charge >= 0.3 is 0 Å². The maximum Gasteiger partial charge on any atom is 0.128 e. The molecule has 4 rings (SSSR count). The highest BCUT2D eigenvalue weighted by Gasteiger charge is 2.36. The molecule has 1 unspecified atom stereocenters. The van der Waals surface area contributed by atoms with Gasteiger partial charge in [0.1, 0.15) is 5.82 Å². The van der Waals surface area contributed by atoms with Crippen molar-refractivity contribution in [3.8, 4) is 0 Å². The first-order valence-corrected chi connectivity index (χ1v) is 10.4. The summed E-state index contributed by atoms with van der Waals surface area (Å²) in [6.45, 7) is 19.4. The van der Waals surface area contributed by atoms with E-state index in [0.717, 1.165) is 46.8 Å². The van der Waals surface area contributed by atoms with Crippen LogP contribution in [0.1, 0.15) is 37.3 Å². The average molecular weight is 392 g/mol. The molecule has 1 aromatic carbocycles. The number of hydrogen-bond acceptors (Lipinski definition) is 3. The number of benzene rings is 1. The third-order valence-electron chi connectivity index (χ3n) is 6.39. The van der Waals surface area contributed by atoms with Gasteiger partial charge in [0.05, 0.1) is 11.4 Å². The van der Waals surface area contributed by atoms with Crippen LogP contribution in [0.3, 0.4) is 0 Å². The predicted octanol–water partition coefficient (Wildman–Crippen LogP) is 5.15. The van der Waals surface area contributed by atoms with Crippen molar-refractivity contribution in [3.05, 3.63) is 94.9 Å². The van der Waals surface area contributed by atoms with Crippen molar-refractivity contribution in [2.45, 2.75) is 45.7 Å². The molecule has 0 amide bonds. The van der Waals surface area contributed by atoms with E-state index in [9.17, 15) is 4.39 Å². The van der Waals surface area contributed by atoms with E-state index in [-0.39, 0.29) is 5.82 Å². The van der Waals surface area contributed by atoms with Crippen molar-refractivity contribution in [1.29, 1.82) is 0 Å². The van der Waals surface area contributed by atoms with Gasteiger partial charge in [0.2, 0.25) is 0 Å². The molecule has 29 heavy (non-hydrogen) atoms. The first-order chi connectivity index (χ1) is 13.9. The summed E-state index contributed by atoms with van der Waals surface area (Å²) in [6, 6.07) is 5.83. The van der Waals surface area contributed by atoms with Gasteiger partial charge in [0.15, 0.2) is 0 Å². The Kier molecular flexibility index (Phi) is 5.12. The number of piperidine rings is 1. The van der Waals surface area contributed by atoms with Gasteiger partial charge in [-0.05, 0) is 55.9 Å². The maximum atomic E-state index is 14.2. The minimum absolute atomic E-state index is 0.190. The summed E-state index contributed by atoms with van der Waals surface area (Å²) in [4.78, 5) is 4.78. The molecule has 3 nitrogen and oxygen atoms in total. The van der Waals surface area contributed by atoms with E-state index in [2.05, 4.69) is 48.0 Å². The van der Waals surface area contributed by atoms with Gasteiger partial charge in [-0.3, -0.25) is 0 Å². The second-order valence-corrected chi connectivity index (χ2v) is 8.36. The van der Waals surface area contributed by atoms with Crippen LogP contribution in [-0.2, 0) is 6.54 Å². The van der Waals surface area contributed by atoms with Gasteiger partial charge in [-0.15, -0.1) is 0 Å². The summed E-state index contributed by atoms with van der Waals surface area (Å²) in [5, 5.41) is 3.30. The lowest BCUT2D eigenvalue weighted by Crippen LogP contribution is -2.51. The van der Waals surface area contributed by atoms with E-state index >= 15 is 0 Å². The van der Waals surface area contributed by atoms with Crippen LogP contribution in [0.15, 0.2) is 77.9 Å². The molecule has 1 atom stereocenters. The molecule has 0 aromatic heterocycles. The highest BCUT2D eigenvalue weighted by molar-refractivity contribution is 5.60. The van der Waals surface area contributed by atoms with Crippen LogP contribution in [0.5, 0.6) is 0 Å².